The molecule has 1 aromatic carbocycles. The summed E-state index contributed by atoms with van der Waals surface area (Å²) < 4.78 is 11.3. The third-order valence-electron chi connectivity index (χ3n) is 4.73. The van der Waals surface area contributed by atoms with Crippen LogP contribution in [0.2, 0.25) is 0 Å². The van der Waals surface area contributed by atoms with E-state index in [4.69, 9.17) is 14.1 Å². The van der Waals surface area contributed by atoms with Crippen molar-refractivity contribution in [2.45, 2.75) is 45.7 Å². The smallest absolute Gasteiger partial charge is 0.226 e. The largest absolute Gasteiger partial charge is 0.441 e. The van der Waals surface area contributed by atoms with Crippen molar-refractivity contribution in [2.75, 3.05) is 20.3 Å². The van der Waals surface area contributed by atoms with Crippen LogP contribution in [0.15, 0.2) is 28.7 Å². The van der Waals surface area contributed by atoms with E-state index in [1.807, 2.05) is 19.1 Å². The molecule has 2 aromatic rings. The number of aryl methyl sites for hydroxylation is 2. The number of rotatable bonds is 5. The fraction of sp³-hybridized carbons (Fsp3) is 0.526. The molecule has 1 fully saturated rings. The summed E-state index contributed by atoms with van der Waals surface area (Å²) in [6.07, 6.45) is 3.74. The van der Waals surface area contributed by atoms with Gasteiger partial charge < -0.3 is 9.15 Å². The molecule has 0 bridgehead atoms. The highest BCUT2D eigenvalue weighted by molar-refractivity contribution is 5.58. The van der Waals surface area contributed by atoms with Crippen LogP contribution in [0.3, 0.4) is 0 Å². The van der Waals surface area contributed by atoms with Crippen LogP contribution in [0.5, 0.6) is 0 Å². The van der Waals surface area contributed by atoms with Crippen LogP contribution in [0.1, 0.15) is 36.3 Å². The molecule has 0 radical (unpaired) electrons. The SMILES string of the molecule is COC[C@@H]1CCCCN1Cc1nc(-c2ccccc2C)oc1C. The van der Waals surface area contributed by atoms with Crippen molar-refractivity contribution in [3.8, 4) is 11.5 Å². The summed E-state index contributed by atoms with van der Waals surface area (Å²) in [5.74, 6) is 1.65. The van der Waals surface area contributed by atoms with Gasteiger partial charge in [0.15, 0.2) is 0 Å². The predicted octanol–water partition coefficient (Wildman–Crippen LogP) is 3.96. The van der Waals surface area contributed by atoms with Gasteiger partial charge in [-0.3, -0.25) is 4.90 Å². The average Bonchev–Trinajstić information content (AvgIpc) is 2.91. The summed E-state index contributed by atoms with van der Waals surface area (Å²) >= 11 is 0. The molecule has 1 atom stereocenters. The lowest BCUT2D eigenvalue weighted by Crippen LogP contribution is -2.41. The van der Waals surface area contributed by atoms with Gasteiger partial charge in [-0.05, 0) is 44.9 Å². The van der Waals surface area contributed by atoms with Crippen LogP contribution in [-0.2, 0) is 11.3 Å². The minimum Gasteiger partial charge on any atom is -0.441 e. The summed E-state index contributed by atoms with van der Waals surface area (Å²) in [5, 5.41) is 0. The van der Waals surface area contributed by atoms with Crippen LogP contribution in [-0.4, -0.2) is 36.2 Å². The number of oxazole rings is 1. The zero-order chi connectivity index (χ0) is 16.2. The summed E-state index contributed by atoms with van der Waals surface area (Å²) in [6.45, 7) is 6.85. The molecule has 4 heteroatoms. The molecule has 4 nitrogen and oxygen atoms in total. The number of ether oxygens (including phenoxy) is 1. The van der Waals surface area contributed by atoms with Crippen molar-refractivity contribution < 1.29 is 9.15 Å². The Morgan fingerprint density at radius 2 is 2.09 bits per heavy atom. The Bertz CT molecular complexity index is 649. The Labute approximate surface area is 138 Å². The maximum atomic E-state index is 5.95. The highest BCUT2D eigenvalue weighted by atomic mass is 16.5. The molecule has 0 saturated carbocycles. The van der Waals surface area contributed by atoms with Gasteiger partial charge in [-0.1, -0.05) is 24.6 Å². The van der Waals surface area contributed by atoms with Gasteiger partial charge in [0.05, 0.1) is 12.3 Å². The number of aromatic nitrogens is 1. The van der Waals surface area contributed by atoms with Gasteiger partial charge in [0, 0.05) is 25.3 Å². The van der Waals surface area contributed by atoms with Gasteiger partial charge >= 0.3 is 0 Å². The Morgan fingerprint density at radius 1 is 1.26 bits per heavy atom. The monoisotopic (exact) mass is 314 g/mol. The van der Waals surface area contributed by atoms with Gasteiger partial charge in [-0.2, -0.15) is 0 Å². The van der Waals surface area contributed by atoms with Crippen molar-refractivity contribution in [3.05, 3.63) is 41.3 Å². The number of likely N-dealkylation sites (tertiary alicyclic amines) is 1. The Balaban J connectivity index is 1.80. The predicted molar refractivity (Wildman–Crippen MR) is 91.3 cm³/mol. The molecular weight excluding hydrogens is 288 g/mol. The number of piperidine rings is 1. The first-order valence-corrected chi connectivity index (χ1v) is 8.44. The van der Waals surface area contributed by atoms with Gasteiger partial charge in [0.1, 0.15) is 5.76 Å². The average molecular weight is 314 g/mol. The van der Waals surface area contributed by atoms with Gasteiger partial charge in [-0.15, -0.1) is 0 Å². The summed E-state index contributed by atoms with van der Waals surface area (Å²) in [5.41, 5.74) is 3.32. The standard InChI is InChI=1S/C19H26N2O2/c1-14-8-4-5-10-17(14)19-20-18(15(2)23-19)12-21-11-7-6-9-16(21)13-22-3/h4-5,8,10,16H,6-7,9,11-13H2,1-3H3/t16-/m0/s1. The second-order valence-corrected chi connectivity index (χ2v) is 6.41. The first-order chi connectivity index (χ1) is 11.2. The lowest BCUT2D eigenvalue weighted by Gasteiger charge is -2.34. The van der Waals surface area contributed by atoms with E-state index >= 15 is 0 Å². The lowest BCUT2D eigenvalue weighted by atomic mass is 10.0. The van der Waals surface area contributed by atoms with E-state index in [-0.39, 0.29) is 0 Å². The number of benzene rings is 1. The van der Waals surface area contributed by atoms with Crippen molar-refractivity contribution in [3.63, 3.8) is 0 Å². The highest BCUT2D eigenvalue weighted by Crippen LogP contribution is 2.27. The first kappa shape index (κ1) is 16.2. The zero-order valence-corrected chi connectivity index (χ0v) is 14.3. The van der Waals surface area contributed by atoms with E-state index in [1.165, 1.54) is 24.8 Å². The molecular formula is C19H26N2O2. The molecule has 0 spiro atoms. The minimum atomic E-state index is 0.492. The van der Waals surface area contributed by atoms with Crippen LogP contribution in [0.4, 0.5) is 0 Å². The van der Waals surface area contributed by atoms with E-state index in [0.717, 1.165) is 42.6 Å². The molecule has 23 heavy (non-hydrogen) atoms. The molecule has 1 aromatic heterocycles. The summed E-state index contributed by atoms with van der Waals surface area (Å²) in [6, 6.07) is 8.72. The second kappa shape index (κ2) is 7.28. The van der Waals surface area contributed by atoms with Crippen molar-refractivity contribution in [1.29, 1.82) is 0 Å². The quantitative estimate of drug-likeness (QED) is 0.837. The van der Waals surface area contributed by atoms with E-state index in [1.54, 1.807) is 7.11 Å². The maximum absolute atomic E-state index is 5.95. The van der Waals surface area contributed by atoms with Gasteiger partial charge in [0.25, 0.3) is 0 Å². The number of nitrogens with zero attached hydrogens (tertiary/aromatic N) is 2. The van der Waals surface area contributed by atoms with Crippen LogP contribution >= 0.6 is 0 Å². The number of hydrogen-bond donors (Lipinski definition) is 0. The molecule has 124 valence electrons. The van der Waals surface area contributed by atoms with E-state index < -0.39 is 0 Å². The third kappa shape index (κ3) is 3.65. The highest BCUT2D eigenvalue weighted by Gasteiger charge is 2.24. The Hall–Kier alpha value is -1.65. The number of methoxy groups -OCH3 is 1. The maximum Gasteiger partial charge on any atom is 0.226 e. The van der Waals surface area contributed by atoms with E-state index in [2.05, 4.69) is 24.0 Å². The Morgan fingerprint density at radius 3 is 2.87 bits per heavy atom. The van der Waals surface area contributed by atoms with Gasteiger partial charge in [-0.25, -0.2) is 4.98 Å². The van der Waals surface area contributed by atoms with Crippen LogP contribution in [0.25, 0.3) is 11.5 Å². The molecule has 1 aliphatic rings. The van der Waals surface area contributed by atoms with Crippen LogP contribution < -0.4 is 0 Å². The topological polar surface area (TPSA) is 38.5 Å². The van der Waals surface area contributed by atoms with Gasteiger partial charge in [0.2, 0.25) is 5.89 Å². The minimum absolute atomic E-state index is 0.492. The summed E-state index contributed by atoms with van der Waals surface area (Å²) in [7, 11) is 1.78. The normalized spacial score (nSPS) is 19.2. The molecule has 0 unspecified atom stereocenters. The zero-order valence-electron chi connectivity index (χ0n) is 14.3. The number of hydrogen-bond acceptors (Lipinski definition) is 4. The fourth-order valence-corrected chi connectivity index (χ4v) is 3.34. The molecule has 1 aliphatic heterocycles. The van der Waals surface area contributed by atoms with E-state index in [0.29, 0.717) is 6.04 Å². The molecule has 3 rings (SSSR count). The molecule has 2 heterocycles. The second-order valence-electron chi connectivity index (χ2n) is 6.41. The Kier molecular flexibility index (Phi) is 5.13. The molecule has 0 aliphatic carbocycles. The van der Waals surface area contributed by atoms with Crippen molar-refractivity contribution in [2.24, 2.45) is 0 Å². The molecule has 0 N–H and O–H groups in total. The van der Waals surface area contributed by atoms with Crippen molar-refractivity contribution >= 4 is 0 Å². The van der Waals surface area contributed by atoms with Crippen LogP contribution in [0, 0.1) is 13.8 Å². The third-order valence-corrected chi connectivity index (χ3v) is 4.73. The lowest BCUT2D eigenvalue weighted by molar-refractivity contribution is 0.0590. The summed E-state index contributed by atoms with van der Waals surface area (Å²) in [4.78, 5) is 7.27. The van der Waals surface area contributed by atoms with E-state index in [9.17, 15) is 0 Å². The molecule has 0 amide bonds. The first-order valence-electron chi connectivity index (χ1n) is 8.44. The molecule has 1 saturated heterocycles. The van der Waals surface area contributed by atoms with Crippen molar-refractivity contribution in [1.82, 2.24) is 9.88 Å². The fourth-order valence-electron chi connectivity index (χ4n) is 3.34.